The molecular weight excluding hydrogens is 220 g/mol. The van der Waals surface area contributed by atoms with Crippen LogP contribution in [0.3, 0.4) is 0 Å². The number of nitrogens with zero attached hydrogens (tertiary/aromatic N) is 2. The summed E-state index contributed by atoms with van der Waals surface area (Å²) in [6, 6.07) is 0.157. The summed E-state index contributed by atoms with van der Waals surface area (Å²) < 4.78 is 5.06. The summed E-state index contributed by atoms with van der Waals surface area (Å²) in [5.74, 6) is 0.322. The monoisotopic (exact) mass is 240 g/mol. The van der Waals surface area contributed by atoms with Crippen molar-refractivity contribution in [2.24, 2.45) is 11.1 Å². The number of hydrogen-bond acceptors (Lipinski definition) is 5. The van der Waals surface area contributed by atoms with Gasteiger partial charge in [-0.15, -0.1) is 5.10 Å². The van der Waals surface area contributed by atoms with Crippen molar-refractivity contribution in [2.75, 3.05) is 11.9 Å². The van der Waals surface area contributed by atoms with Gasteiger partial charge in [-0.25, -0.2) is 0 Å². The second-order valence-corrected chi connectivity index (χ2v) is 4.88. The molecule has 1 heterocycles. The molecule has 1 amide bonds. The Kier molecular flexibility index (Phi) is 4.62. The summed E-state index contributed by atoms with van der Waals surface area (Å²) in [5.41, 5.74) is 5.59. The predicted molar refractivity (Wildman–Crippen MR) is 64.4 cm³/mol. The number of nitrogens with one attached hydrogen (secondary N) is 1. The van der Waals surface area contributed by atoms with Crippen molar-refractivity contribution < 1.29 is 9.21 Å². The van der Waals surface area contributed by atoms with Gasteiger partial charge in [-0.2, -0.15) is 0 Å². The number of carbonyl (C=O) groups is 1. The van der Waals surface area contributed by atoms with E-state index in [0.717, 1.165) is 12.8 Å². The Morgan fingerprint density at radius 3 is 2.65 bits per heavy atom. The number of aromatic nitrogens is 2. The quantitative estimate of drug-likeness (QED) is 0.785. The minimum Gasteiger partial charge on any atom is -0.408 e. The number of anilines is 1. The summed E-state index contributed by atoms with van der Waals surface area (Å²) in [4.78, 5) is 11.6. The first kappa shape index (κ1) is 13.6. The highest BCUT2D eigenvalue weighted by Crippen LogP contribution is 2.25. The minimum atomic E-state index is -0.112. The predicted octanol–water partition coefficient (Wildman–Crippen LogP) is 1.47. The smallest absolute Gasteiger partial charge is 0.322 e. The fourth-order valence-corrected chi connectivity index (χ4v) is 1.50. The van der Waals surface area contributed by atoms with Crippen LogP contribution in [0, 0.1) is 12.3 Å². The maximum atomic E-state index is 11.6. The lowest BCUT2D eigenvalue weighted by atomic mass is 9.84. The van der Waals surface area contributed by atoms with Gasteiger partial charge >= 0.3 is 6.01 Å². The molecule has 0 radical (unpaired) electrons. The summed E-state index contributed by atoms with van der Waals surface area (Å²) in [5, 5.41) is 9.89. The van der Waals surface area contributed by atoms with Crippen molar-refractivity contribution in [2.45, 2.75) is 40.0 Å². The molecule has 0 aliphatic heterocycles. The molecule has 0 bridgehead atoms. The number of nitrogens with two attached hydrogens (primary N) is 1. The van der Waals surface area contributed by atoms with Gasteiger partial charge in [-0.3, -0.25) is 10.1 Å². The van der Waals surface area contributed by atoms with Crippen LogP contribution in [0.25, 0.3) is 0 Å². The Hall–Kier alpha value is -1.43. The third kappa shape index (κ3) is 4.95. The Bertz CT molecular complexity index is 373. The molecule has 0 aliphatic rings. The van der Waals surface area contributed by atoms with E-state index >= 15 is 0 Å². The summed E-state index contributed by atoms with van der Waals surface area (Å²) in [6.45, 7) is 6.51. The van der Waals surface area contributed by atoms with Crippen molar-refractivity contribution in [3.63, 3.8) is 0 Å². The number of hydrogen-bond donors (Lipinski definition) is 2. The third-order valence-corrected chi connectivity index (χ3v) is 2.62. The highest BCUT2D eigenvalue weighted by molar-refractivity contribution is 5.88. The van der Waals surface area contributed by atoms with Crippen LogP contribution in [0.5, 0.6) is 0 Å². The molecule has 0 fully saturated rings. The molecular formula is C11H20N4O2. The lowest BCUT2D eigenvalue weighted by Crippen LogP contribution is -2.20. The van der Waals surface area contributed by atoms with Gasteiger partial charge < -0.3 is 10.2 Å². The van der Waals surface area contributed by atoms with Crippen LogP contribution in [0.1, 0.15) is 39.0 Å². The van der Waals surface area contributed by atoms with Gasteiger partial charge in [0, 0.05) is 13.3 Å². The van der Waals surface area contributed by atoms with Gasteiger partial charge in [-0.1, -0.05) is 18.9 Å². The minimum absolute atomic E-state index is 0.0802. The van der Waals surface area contributed by atoms with Crippen LogP contribution in [0.4, 0.5) is 6.01 Å². The molecule has 0 saturated carbocycles. The topological polar surface area (TPSA) is 94.0 Å². The lowest BCUT2D eigenvalue weighted by Gasteiger charge is -2.22. The van der Waals surface area contributed by atoms with E-state index < -0.39 is 0 Å². The third-order valence-electron chi connectivity index (χ3n) is 2.62. The average molecular weight is 240 g/mol. The molecule has 0 atom stereocenters. The van der Waals surface area contributed by atoms with E-state index in [9.17, 15) is 4.79 Å². The second-order valence-electron chi connectivity index (χ2n) is 4.88. The van der Waals surface area contributed by atoms with Crippen molar-refractivity contribution in [1.82, 2.24) is 10.2 Å². The first-order valence-corrected chi connectivity index (χ1v) is 5.73. The average Bonchev–Trinajstić information content (AvgIpc) is 2.61. The van der Waals surface area contributed by atoms with Gasteiger partial charge in [-0.05, 0) is 24.8 Å². The Balaban J connectivity index is 2.35. The largest absolute Gasteiger partial charge is 0.408 e. The zero-order valence-corrected chi connectivity index (χ0v) is 10.6. The molecule has 1 aromatic heterocycles. The molecule has 0 saturated heterocycles. The zero-order chi connectivity index (χ0) is 12.9. The normalized spacial score (nSPS) is 11.5. The van der Waals surface area contributed by atoms with Gasteiger partial charge in [0.05, 0.1) is 0 Å². The van der Waals surface area contributed by atoms with E-state index in [1.807, 2.05) is 0 Å². The summed E-state index contributed by atoms with van der Waals surface area (Å²) in [6.07, 6.45) is 2.11. The molecule has 6 nitrogen and oxygen atoms in total. The lowest BCUT2D eigenvalue weighted by molar-refractivity contribution is -0.116. The number of aryl methyl sites for hydroxylation is 1. The van der Waals surface area contributed by atoms with E-state index in [1.54, 1.807) is 6.92 Å². The molecule has 0 spiro atoms. The van der Waals surface area contributed by atoms with E-state index in [4.69, 9.17) is 10.2 Å². The van der Waals surface area contributed by atoms with Crippen LogP contribution in [0.2, 0.25) is 0 Å². The van der Waals surface area contributed by atoms with Crippen molar-refractivity contribution in [3.05, 3.63) is 5.89 Å². The van der Waals surface area contributed by atoms with Crippen LogP contribution in [-0.4, -0.2) is 22.6 Å². The van der Waals surface area contributed by atoms with Crippen molar-refractivity contribution in [3.8, 4) is 0 Å². The number of rotatable bonds is 6. The summed E-state index contributed by atoms with van der Waals surface area (Å²) in [7, 11) is 0. The number of amides is 1. The molecule has 96 valence electrons. The first-order chi connectivity index (χ1) is 7.93. The Morgan fingerprint density at radius 1 is 1.41 bits per heavy atom. The van der Waals surface area contributed by atoms with E-state index in [0.29, 0.717) is 18.9 Å². The fraction of sp³-hybridized carbons (Fsp3) is 0.727. The maximum absolute atomic E-state index is 11.6. The van der Waals surface area contributed by atoms with E-state index in [-0.39, 0.29) is 17.3 Å². The van der Waals surface area contributed by atoms with Crippen LogP contribution >= 0.6 is 0 Å². The van der Waals surface area contributed by atoms with E-state index in [2.05, 4.69) is 29.4 Å². The SMILES string of the molecule is Cc1nnc(NC(=O)CCC(C)(C)CCN)o1. The van der Waals surface area contributed by atoms with Crippen LogP contribution < -0.4 is 11.1 Å². The molecule has 0 unspecified atom stereocenters. The van der Waals surface area contributed by atoms with Crippen LogP contribution in [-0.2, 0) is 4.79 Å². The Morgan fingerprint density at radius 2 is 2.12 bits per heavy atom. The van der Waals surface area contributed by atoms with Gasteiger partial charge in [0.2, 0.25) is 11.8 Å². The molecule has 1 rings (SSSR count). The Labute approximate surface area is 101 Å². The second kappa shape index (κ2) is 5.77. The molecule has 6 heteroatoms. The van der Waals surface area contributed by atoms with Gasteiger partial charge in [0.1, 0.15) is 0 Å². The number of carbonyl (C=O) groups excluding carboxylic acids is 1. The molecule has 0 aromatic carbocycles. The highest BCUT2D eigenvalue weighted by atomic mass is 16.4. The first-order valence-electron chi connectivity index (χ1n) is 5.73. The van der Waals surface area contributed by atoms with Crippen LogP contribution in [0.15, 0.2) is 4.42 Å². The van der Waals surface area contributed by atoms with Gasteiger partial charge in [0.15, 0.2) is 0 Å². The maximum Gasteiger partial charge on any atom is 0.322 e. The fourth-order valence-electron chi connectivity index (χ4n) is 1.50. The molecule has 17 heavy (non-hydrogen) atoms. The molecule has 0 aliphatic carbocycles. The molecule has 1 aromatic rings. The van der Waals surface area contributed by atoms with E-state index in [1.165, 1.54) is 0 Å². The standard InChI is InChI=1S/C11H20N4O2/c1-8-14-15-10(17-8)13-9(16)4-5-11(2,3)6-7-12/h4-7,12H2,1-3H3,(H,13,15,16). The van der Waals surface area contributed by atoms with Crippen molar-refractivity contribution >= 4 is 11.9 Å². The van der Waals surface area contributed by atoms with Gasteiger partial charge in [0.25, 0.3) is 0 Å². The van der Waals surface area contributed by atoms with Crippen molar-refractivity contribution in [1.29, 1.82) is 0 Å². The molecule has 3 N–H and O–H groups in total. The summed E-state index contributed by atoms with van der Waals surface area (Å²) >= 11 is 0. The highest BCUT2D eigenvalue weighted by Gasteiger charge is 2.18. The zero-order valence-electron chi connectivity index (χ0n) is 10.6.